The quantitative estimate of drug-likeness (QED) is 0.161. The topological polar surface area (TPSA) is 116 Å². The first kappa shape index (κ1) is 72.3. The van der Waals surface area contributed by atoms with Crippen LogP contribution in [-0.2, 0) is 0 Å². The summed E-state index contributed by atoms with van der Waals surface area (Å²) in [5.41, 5.74) is 7.03. The summed E-state index contributed by atoms with van der Waals surface area (Å²) in [5, 5.41) is 7.68. The molecule has 0 amide bonds. The second-order valence-electron chi connectivity index (χ2n) is 14.2. The van der Waals surface area contributed by atoms with Gasteiger partial charge >= 0.3 is 0 Å². The molecule has 6 rings (SSSR count). The maximum Gasteiger partial charge on any atom is 0.115 e. The Balaban J connectivity index is -0.000000156. The fourth-order valence-corrected chi connectivity index (χ4v) is 4.06. The van der Waals surface area contributed by atoms with E-state index in [2.05, 4.69) is 134 Å². The summed E-state index contributed by atoms with van der Waals surface area (Å²) in [5.74, 6) is 3.24. The lowest BCUT2D eigenvalue weighted by Gasteiger charge is -2.01. The first-order valence-electron chi connectivity index (χ1n) is 24.8. The molecule has 0 radical (unpaired) electrons. The lowest BCUT2D eigenvalue weighted by atomic mass is 10.1. The zero-order chi connectivity index (χ0) is 52.1. The first-order valence-corrected chi connectivity index (χ1v) is 24.8. The monoisotopic (exact) mass is 910 g/mol. The maximum absolute atomic E-state index is 4.18. The van der Waals surface area contributed by atoms with Crippen LogP contribution in [0.15, 0.2) is 129 Å². The van der Waals surface area contributed by atoms with Gasteiger partial charge in [-0.25, -0.2) is 9.97 Å². The molecule has 0 aliphatic carbocycles. The van der Waals surface area contributed by atoms with Gasteiger partial charge in [-0.15, -0.1) is 0 Å². The molecule has 0 aliphatic heterocycles. The standard InChI is InChI=1S/3C8H11N.3C7H10N2.6C2H6/c1-7(2)8-3-5-9-6-4-8;1-7(2)8-4-3-5-9-6-8;1-7(2)8-5-3-4-6-9-8;1-6(2)7-5-8-3-4-9-7;1-6(2)7-3-4-8-5-9-7;1-6(2)7-4-3-5-8-9-7;6*1-2/h3*3-7H,1-2H3;3*3-6H,1-2H3;6*1-2H3. The van der Waals surface area contributed by atoms with Gasteiger partial charge in [-0.1, -0.05) is 178 Å². The van der Waals surface area contributed by atoms with E-state index in [0.29, 0.717) is 35.5 Å². The average Bonchev–Trinajstić information content (AvgIpc) is 3.40. The molecular weight excluding hydrogens is 811 g/mol. The number of hydrogen-bond donors (Lipinski definition) is 0. The van der Waals surface area contributed by atoms with Gasteiger partial charge in [0.25, 0.3) is 0 Å². The van der Waals surface area contributed by atoms with Crippen molar-refractivity contribution in [3.63, 3.8) is 0 Å². The van der Waals surface area contributed by atoms with Crippen molar-refractivity contribution in [1.82, 2.24) is 45.1 Å². The second kappa shape index (κ2) is 55.8. The Morgan fingerprint density at radius 2 is 0.742 bits per heavy atom. The van der Waals surface area contributed by atoms with Crippen molar-refractivity contribution < 1.29 is 0 Å². The number of nitrogens with zero attached hydrogens (tertiary/aromatic N) is 9. The molecule has 0 saturated heterocycles. The van der Waals surface area contributed by atoms with E-state index >= 15 is 0 Å². The van der Waals surface area contributed by atoms with Gasteiger partial charge in [0.2, 0.25) is 0 Å². The van der Waals surface area contributed by atoms with Crippen LogP contribution >= 0.6 is 0 Å². The molecule has 0 aromatic carbocycles. The fourth-order valence-electron chi connectivity index (χ4n) is 4.06. The number of rotatable bonds is 6. The van der Waals surface area contributed by atoms with Gasteiger partial charge in [-0.3, -0.25) is 24.9 Å². The minimum absolute atomic E-state index is 0.485. The first-order chi connectivity index (χ1) is 31.8. The van der Waals surface area contributed by atoms with Crippen LogP contribution < -0.4 is 0 Å². The van der Waals surface area contributed by atoms with E-state index in [0.717, 1.165) is 22.8 Å². The zero-order valence-corrected chi connectivity index (χ0v) is 46.6. The van der Waals surface area contributed by atoms with E-state index < -0.39 is 0 Å². The zero-order valence-electron chi connectivity index (χ0n) is 46.6. The molecule has 0 atom stereocenters. The van der Waals surface area contributed by atoms with E-state index in [9.17, 15) is 0 Å². The van der Waals surface area contributed by atoms with E-state index in [1.807, 2.05) is 162 Å². The smallest absolute Gasteiger partial charge is 0.115 e. The normalized spacial score (nSPS) is 8.82. The van der Waals surface area contributed by atoms with Crippen molar-refractivity contribution in [2.75, 3.05) is 0 Å². The predicted molar refractivity (Wildman–Crippen MR) is 291 cm³/mol. The third-order valence-electron chi connectivity index (χ3n) is 7.56. The molecule has 0 bridgehead atoms. The molecule has 0 spiro atoms. The summed E-state index contributed by atoms with van der Waals surface area (Å²) in [7, 11) is 0. The van der Waals surface area contributed by atoms with Crippen LogP contribution in [0.1, 0.15) is 236 Å². The largest absolute Gasteiger partial charge is 0.265 e. The summed E-state index contributed by atoms with van der Waals surface area (Å²) < 4.78 is 0. The molecule has 6 heterocycles. The Labute approximate surface area is 408 Å². The van der Waals surface area contributed by atoms with Crippen molar-refractivity contribution in [2.24, 2.45) is 0 Å². The number of aromatic nitrogens is 9. The summed E-state index contributed by atoms with van der Waals surface area (Å²) in [6.45, 7) is 49.6. The van der Waals surface area contributed by atoms with Crippen LogP contribution in [0.5, 0.6) is 0 Å². The molecule has 0 unspecified atom stereocenters. The van der Waals surface area contributed by atoms with E-state index in [4.69, 9.17) is 0 Å². The van der Waals surface area contributed by atoms with Crippen LogP contribution in [0.2, 0.25) is 0 Å². The second-order valence-corrected chi connectivity index (χ2v) is 14.2. The third-order valence-corrected chi connectivity index (χ3v) is 7.56. The highest BCUT2D eigenvalue weighted by Crippen LogP contribution is 2.12. The maximum atomic E-state index is 4.18. The third kappa shape index (κ3) is 43.9. The van der Waals surface area contributed by atoms with Gasteiger partial charge in [0.05, 0.1) is 11.4 Å². The van der Waals surface area contributed by atoms with Gasteiger partial charge in [0.15, 0.2) is 0 Å². The predicted octanol–water partition coefficient (Wildman–Crippen LogP) is 17.6. The Morgan fingerprint density at radius 3 is 1.02 bits per heavy atom. The molecule has 372 valence electrons. The minimum atomic E-state index is 0.485. The highest BCUT2D eigenvalue weighted by Gasteiger charge is 1.99. The lowest BCUT2D eigenvalue weighted by molar-refractivity contribution is 0.785. The Kier molecular flexibility index (Phi) is 61.1. The van der Waals surface area contributed by atoms with Crippen molar-refractivity contribution >= 4 is 0 Å². The molecule has 9 nitrogen and oxygen atoms in total. The molecule has 0 fully saturated rings. The van der Waals surface area contributed by atoms with Crippen molar-refractivity contribution in [3.05, 3.63) is 163 Å². The SMILES string of the molecule is CC.CC.CC.CC.CC.CC.CC(C)c1ccccn1.CC(C)c1cccnc1.CC(C)c1cccnn1.CC(C)c1ccncc1.CC(C)c1ccncn1.CC(C)c1cnccn1. The molecule has 9 heteroatoms. The highest BCUT2D eigenvalue weighted by atomic mass is 15.1. The van der Waals surface area contributed by atoms with E-state index in [-0.39, 0.29) is 0 Å². The minimum Gasteiger partial charge on any atom is -0.265 e. The number of pyridine rings is 3. The van der Waals surface area contributed by atoms with Crippen molar-refractivity contribution in [3.8, 4) is 0 Å². The van der Waals surface area contributed by atoms with E-state index in [1.165, 1.54) is 11.1 Å². The molecule has 0 aliphatic rings. The van der Waals surface area contributed by atoms with Crippen LogP contribution in [0.3, 0.4) is 0 Å². The Bertz CT molecular complexity index is 1350. The lowest BCUT2D eigenvalue weighted by Crippen LogP contribution is -1.92. The number of hydrogen-bond acceptors (Lipinski definition) is 9. The average molecular weight is 910 g/mol. The van der Waals surface area contributed by atoms with Gasteiger partial charge in [0.1, 0.15) is 6.33 Å². The molecule has 0 saturated carbocycles. The summed E-state index contributed by atoms with van der Waals surface area (Å²) in [6.07, 6.45) is 19.4. The highest BCUT2D eigenvalue weighted by molar-refractivity contribution is 5.14. The van der Waals surface area contributed by atoms with Crippen LogP contribution in [0.4, 0.5) is 0 Å². The molecule has 6 aromatic rings. The van der Waals surface area contributed by atoms with Crippen molar-refractivity contribution in [1.29, 1.82) is 0 Å². The van der Waals surface area contributed by atoms with Crippen LogP contribution in [0.25, 0.3) is 0 Å². The summed E-state index contributed by atoms with van der Waals surface area (Å²) in [6, 6.07) is 20.0. The molecular formula is C57H99N9. The van der Waals surface area contributed by atoms with Gasteiger partial charge in [0, 0.05) is 73.4 Å². The Morgan fingerprint density at radius 1 is 0.288 bits per heavy atom. The van der Waals surface area contributed by atoms with Gasteiger partial charge < -0.3 is 0 Å². The Hall–Kier alpha value is -5.31. The molecule has 0 N–H and O–H groups in total. The summed E-state index contributed by atoms with van der Waals surface area (Å²) >= 11 is 0. The molecule has 6 aromatic heterocycles. The van der Waals surface area contributed by atoms with Crippen molar-refractivity contribution in [2.45, 2.75) is 202 Å². The van der Waals surface area contributed by atoms with Crippen LogP contribution in [0, 0.1) is 0 Å². The fraction of sp³-hybridized carbons (Fsp3) is 0.526. The van der Waals surface area contributed by atoms with Gasteiger partial charge in [-0.05, 0) is 95.2 Å². The van der Waals surface area contributed by atoms with E-state index in [1.54, 1.807) is 43.5 Å². The molecule has 66 heavy (non-hydrogen) atoms. The van der Waals surface area contributed by atoms with Crippen LogP contribution in [-0.4, -0.2) is 45.1 Å². The van der Waals surface area contributed by atoms with Gasteiger partial charge in [-0.2, -0.15) is 10.2 Å². The summed E-state index contributed by atoms with van der Waals surface area (Å²) in [4.78, 5) is 28.1.